The van der Waals surface area contributed by atoms with Crippen molar-refractivity contribution in [3.8, 4) is 0 Å². The Kier molecular flexibility index (Phi) is 3.17. The number of carbonyl (C=O) groups is 1. The van der Waals surface area contributed by atoms with E-state index >= 15 is 0 Å². The van der Waals surface area contributed by atoms with E-state index in [1.807, 2.05) is 13.0 Å². The molecule has 1 fully saturated rings. The summed E-state index contributed by atoms with van der Waals surface area (Å²) in [6.45, 7) is 2.73. The molecular weight excluding hydrogens is 207 g/mol. The van der Waals surface area contributed by atoms with Crippen LogP contribution in [-0.4, -0.2) is 35.6 Å². The Morgan fingerprint density at radius 3 is 3.12 bits per heavy atom. The molecule has 0 N–H and O–H groups in total. The normalized spacial score (nSPS) is 20.1. The number of aryl methyl sites for hydroxylation is 1. The summed E-state index contributed by atoms with van der Waals surface area (Å²) in [5.74, 6) is -0.0116. The highest BCUT2D eigenvalue weighted by Crippen LogP contribution is 2.19. The Hall–Kier alpha value is -1.45. The molecule has 1 aromatic heterocycles. The van der Waals surface area contributed by atoms with Gasteiger partial charge in [-0.15, -0.1) is 0 Å². The Balaban J connectivity index is 2.12. The summed E-state index contributed by atoms with van der Waals surface area (Å²) in [5.41, 5.74) is 1.55. The number of pyridine rings is 1. The molecule has 0 radical (unpaired) electrons. The molecule has 2 rings (SSSR count). The van der Waals surface area contributed by atoms with E-state index in [0.717, 1.165) is 12.0 Å². The summed E-state index contributed by atoms with van der Waals surface area (Å²) in [6, 6.07) is 1.82. The quantitative estimate of drug-likeness (QED) is 0.764. The minimum Gasteiger partial charge on any atom is -0.338 e. The first-order valence-electron chi connectivity index (χ1n) is 5.48. The van der Waals surface area contributed by atoms with Crippen molar-refractivity contribution in [2.75, 3.05) is 19.8 Å². The van der Waals surface area contributed by atoms with Crippen molar-refractivity contribution in [2.45, 2.75) is 13.3 Å². The van der Waals surface area contributed by atoms with Gasteiger partial charge in [0.05, 0.1) is 12.2 Å². The van der Waals surface area contributed by atoms with Crippen molar-refractivity contribution in [1.29, 1.82) is 0 Å². The molecule has 4 heteroatoms. The van der Waals surface area contributed by atoms with Crippen LogP contribution in [0.2, 0.25) is 0 Å². The summed E-state index contributed by atoms with van der Waals surface area (Å²) in [4.78, 5) is 17.8. The number of aromatic nitrogens is 1. The molecule has 0 spiro atoms. The van der Waals surface area contributed by atoms with Crippen LogP contribution in [0, 0.1) is 12.8 Å². The first kappa shape index (κ1) is 11.0. The van der Waals surface area contributed by atoms with Crippen LogP contribution in [0.1, 0.15) is 22.3 Å². The maximum absolute atomic E-state index is 12.5. The van der Waals surface area contributed by atoms with Gasteiger partial charge in [0.15, 0.2) is 0 Å². The molecular formula is C12H15FN2O. The third-order valence-electron chi connectivity index (χ3n) is 3.06. The summed E-state index contributed by atoms with van der Waals surface area (Å²) in [5, 5.41) is 0. The van der Waals surface area contributed by atoms with Gasteiger partial charge in [-0.2, -0.15) is 0 Å². The first-order chi connectivity index (χ1) is 7.72. The molecule has 3 nitrogen and oxygen atoms in total. The number of halogens is 1. The molecule has 1 atom stereocenters. The summed E-state index contributed by atoms with van der Waals surface area (Å²) < 4.78 is 12.5. The number of hydrogen-bond donors (Lipinski definition) is 0. The molecule has 0 aromatic carbocycles. The highest BCUT2D eigenvalue weighted by molar-refractivity contribution is 5.95. The zero-order valence-electron chi connectivity index (χ0n) is 9.32. The van der Waals surface area contributed by atoms with E-state index in [0.29, 0.717) is 18.7 Å². The number of likely N-dealkylation sites (tertiary alicyclic amines) is 1. The number of amides is 1. The molecule has 2 heterocycles. The second-order valence-corrected chi connectivity index (χ2v) is 4.25. The molecule has 1 amide bonds. The van der Waals surface area contributed by atoms with Crippen molar-refractivity contribution < 1.29 is 9.18 Å². The van der Waals surface area contributed by atoms with E-state index in [2.05, 4.69) is 4.98 Å². The predicted molar refractivity (Wildman–Crippen MR) is 59.0 cm³/mol. The SMILES string of the molecule is Cc1ccncc1C(=O)N1CCC(CF)C1. The second-order valence-electron chi connectivity index (χ2n) is 4.25. The third-order valence-corrected chi connectivity index (χ3v) is 3.06. The van der Waals surface area contributed by atoms with Crippen LogP contribution in [0.3, 0.4) is 0 Å². The minimum absolute atomic E-state index is 0.0147. The molecule has 86 valence electrons. The molecule has 1 aliphatic heterocycles. The Bertz CT molecular complexity index is 394. The van der Waals surface area contributed by atoms with Gasteiger partial charge < -0.3 is 4.90 Å². The van der Waals surface area contributed by atoms with Crippen molar-refractivity contribution in [2.24, 2.45) is 5.92 Å². The molecule has 1 saturated heterocycles. The zero-order valence-corrected chi connectivity index (χ0v) is 9.32. The van der Waals surface area contributed by atoms with E-state index in [1.54, 1.807) is 17.3 Å². The summed E-state index contributed by atoms with van der Waals surface area (Å²) in [6.07, 6.45) is 4.02. The lowest BCUT2D eigenvalue weighted by Crippen LogP contribution is -2.29. The maximum Gasteiger partial charge on any atom is 0.255 e. The van der Waals surface area contributed by atoms with E-state index in [1.165, 1.54) is 0 Å². The van der Waals surface area contributed by atoms with Crippen LogP contribution in [0.15, 0.2) is 18.5 Å². The van der Waals surface area contributed by atoms with Crippen molar-refractivity contribution in [3.63, 3.8) is 0 Å². The van der Waals surface area contributed by atoms with Crippen molar-refractivity contribution in [1.82, 2.24) is 9.88 Å². The van der Waals surface area contributed by atoms with Crippen LogP contribution in [0.5, 0.6) is 0 Å². The number of alkyl halides is 1. The van der Waals surface area contributed by atoms with E-state index < -0.39 is 0 Å². The average Bonchev–Trinajstić information content (AvgIpc) is 2.77. The van der Waals surface area contributed by atoms with Gasteiger partial charge in [-0.25, -0.2) is 0 Å². The molecule has 16 heavy (non-hydrogen) atoms. The fraction of sp³-hybridized carbons (Fsp3) is 0.500. The van der Waals surface area contributed by atoms with Crippen LogP contribution >= 0.6 is 0 Å². The lowest BCUT2D eigenvalue weighted by Gasteiger charge is -2.16. The summed E-state index contributed by atoms with van der Waals surface area (Å²) in [7, 11) is 0. The monoisotopic (exact) mass is 222 g/mol. The molecule has 0 aliphatic carbocycles. The number of nitrogens with zero attached hydrogens (tertiary/aromatic N) is 2. The predicted octanol–water partition coefficient (Wildman–Crippen LogP) is 1.82. The minimum atomic E-state index is -0.337. The van der Waals surface area contributed by atoms with Crippen LogP contribution in [0.4, 0.5) is 4.39 Å². The Labute approximate surface area is 94.3 Å². The lowest BCUT2D eigenvalue weighted by molar-refractivity contribution is 0.0784. The highest BCUT2D eigenvalue weighted by atomic mass is 19.1. The van der Waals surface area contributed by atoms with Gasteiger partial charge in [0.1, 0.15) is 0 Å². The van der Waals surface area contributed by atoms with Gasteiger partial charge in [0.2, 0.25) is 0 Å². The van der Waals surface area contributed by atoms with Gasteiger partial charge in [-0.1, -0.05) is 0 Å². The Morgan fingerprint density at radius 1 is 1.69 bits per heavy atom. The lowest BCUT2D eigenvalue weighted by atomic mass is 10.1. The van der Waals surface area contributed by atoms with Crippen LogP contribution in [0.25, 0.3) is 0 Å². The fourth-order valence-electron chi connectivity index (χ4n) is 2.00. The van der Waals surface area contributed by atoms with Crippen molar-refractivity contribution in [3.05, 3.63) is 29.6 Å². The van der Waals surface area contributed by atoms with E-state index in [9.17, 15) is 9.18 Å². The van der Waals surface area contributed by atoms with Crippen LogP contribution in [-0.2, 0) is 0 Å². The third kappa shape index (κ3) is 2.05. The fourth-order valence-corrected chi connectivity index (χ4v) is 2.00. The number of rotatable bonds is 2. The van der Waals surface area contributed by atoms with E-state index in [-0.39, 0.29) is 18.5 Å². The van der Waals surface area contributed by atoms with Crippen LogP contribution < -0.4 is 0 Å². The maximum atomic E-state index is 12.5. The van der Waals surface area contributed by atoms with Gasteiger partial charge in [-0.3, -0.25) is 14.2 Å². The number of hydrogen-bond acceptors (Lipinski definition) is 2. The van der Waals surface area contributed by atoms with Gasteiger partial charge >= 0.3 is 0 Å². The van der Waals surface area contributed by atoms with Gasteiger partial charge in [0.25, 0.3) is 5.91 Å². The molecule has 0 saturated carbocycles. The molecule has 1 aliphatic rings. The van der Waals surface area contributed by atoms with Crippen molar-refractivity contribution >= 4 is 5.91 Å². The van der Waals surface area contributed by atoms with E-state index in [4.69, 9.17) is 0 Å². The Morgan fingerprint density at radius 2 is 2.50 bits per heavy atom. The zero-order chi connectivity index (χ0) is 11.5. The largest absolute Gasteiger partial charge is 0.338 e. The highest BCUT2D eigenvalue weighted by Gasteiger charge is 2.27. The molecule has 1 unspecified atom stereocenters. The second kappa shape index (κ2) is 4.60. The molecule has 0 bridgehead atoms. The number of carbonyl (C=O) groups excluding carboxylic acids is 1. The van der Waals surface area contributed by atoms with Gasteiger partial charge in [0, 0.05) is 31.4 Å². The van der Waals surface area contributed by atoms with Gasteiger partial charge in [-0.05, 0) is 25.0 Å². The average molecular weight is 222 g/mol. The summed E-state index contributed by atoms with van der Waals surface area (Å²) >= 11 is 0. The smallest absolute Gasteiger partial charge is 0.255 e. The first-order valence-corrected chi connectivity index (χ1v) is 5.48. The molecule has 1 aromatic rings. The topological polar surface area (TPSA) is 33.2 Å². The standard InChI is InChI=1S/C12H15FN2O/c1-9-2-4-14-7-11(9)12(16)15-5-3-10(6-13)8-15/h2,4,7,10H,3,5-6,8H2,1H3.